The van der Waals surface area contributed by atoms with Crippen molar-refractivity contribution in [2.75, 3.05) is 0 Å². The van der Waals surface area contributed by atoms with Gasteiger partial charge in [0.2, 0.25) is 5.82 Å². The third kappa shape index (κ3) is 2.26. The number of benzene rings is 1. The normalized spacial score (nSPS) is 29.4. The van der Waals surface area contributed by atoms with E-state index in [1.807, 2.05) is 0 Å². The van der Waals surface area contributed by atoms with Gasteiger partial charge in [0.05, 0.1) is 11.7 Å². The van der Waals surface area contributed by atoms with Gasteiger partial charge in [0.1, 0.15) is 6.10 Å². The van der Waals surface area contributed by atoms with Crippen molar-refractivity contribution in [1.82, 2.24) is 0 Å². The Kier molecular flexibility index (Phi) is 3.89. The molecule has 1 aliphatic heterocycles. The van der Waals surface area contributed by atoms with Crippen molar-refractivity contribution in [1.29, 1.82) is 0 Å². The standard InChI is InChI=1S/C12H9F5O4/c1-2-9(18)10(19)12(20)21-11(2)3-4(13)6(15)8(17)7(16)5(3)14/h2,9-11,18-19H,1H3/t2-,9+,10+,11-/m1/s1. The van der Waals surface area contributed by atoms with E-state index in [2.05, 4.69) is 4.74 Å². The number of hydrogen-bond acceptors (Lipinski definition) is 4. The van der Waals surface area contributed by atoms with E-state index in [-0.39, 0.29) is 0 Å². The Morgan fingerprint density at radius 2 is 1.33 bits per heavy atom. The molecule has 1 heterocycles. The lowest BCUT2D eigenvalue weighted by Crippen LogP contribution is -2.48. The second-order valence-corrected chi connectivity index (χ2v) is 4.64. The summed E-state index contributed by atoms with van der Waals surface area (Å²) in [4.78, 5) is 11.3. The number of cyclic esters (lactones) is 1. The van der Waals surface area contributed by atoms with Crippen molar-refractivity contribution in [2.45, 2.75) is 25.2 Å². The average Bonchev–Trinajstić information content (AvgIpc) is 2.46. The number of ether oxygens (including phenoxy) is 1. The average molecular weight is 312 g/mol. The predicted molar refractivity (Wildman–Crippen MR) is 56.2 cm³/mol. The van der Waals surface area contributed by atoms with E-state index in [9.17, 15) is 37.0 Å². The van der Waals surface area contributed by atoms with Gasteiger partial charge in [-0.05, 0) is 0 Å². The second kappa shape index (κ2) is 5.23. The molecule has 21 heavy (non-hydrogen) atoms. The van der Waals surface area contributed by atoms with Crippen LogP contribution < -0.4 is 0 Å². The first kappa shape index (κ1) is 15.6. The molecule has 0 aromatic heterocycles. The SMILES string of the molecule is C[C@@H]1[C@H](O)[C@H](O)C(=O)O[C@H]1c1c(F)c(F)c(F)c(F)c1F. The highest BCUT2D eigenvalue weighted by atomic mass is 19.2. The summed E-state index contributed by atoms with van der Waals surface area (Å²) < 4.78 is 71.0. The van der Waals surface area contributed by atoms with Crippen LogP contribution in [0.25, 0.3) is 0 Å². The molecular formula is C12H9F5O4. The number of halogens is 5. The van der Waals surface area contributed by atoms with Crippen LogP contribution in [0.3, 0.4) is 0 Å². The largest absolute Gasteiger partial charge is 0.455 e. The van der Waals surface area contributed by atoms with Gasteiger partial charge in [0.25, 0.3) is 0 Å². The fourth-order valence-corrected chi connectivity index (χ4v) is 2.10. The first-order chi connectivity index (χ1) is 9.68. The first-order valence-electron chi connectivity index (χ1n) is 5.76. The Morgan fingerprint density at radius 1 is 0.905 bits per heavy atom. The molecule has 9 heteroatoms. The van der Waals surface area contributed by atoms with Gasteiger partial charge in [0, 0.05) is 5.92 Å². The minimum absolute atomic E-state index is 1.13. The number of hydrogen-bond donors (Lipinski definition) is 2. The van der Waals surface area contributed by atoms with E-state index in [0.29, 0.717) is 0 Å². The van der Waals surface area contributed by atoms with Gasteiger partial charge in [-0.15, -0.1) is 0 Å². The molecule has 4 nitrogen and oxygen atoms in total. The Morgan fingerprint density at radius 3 is 1.81 bits per heavy atom. The van der Waals surface area contributed by atoms with Gasteiger partial charge >= 0.3 is 5.97 Å². The van der Waals surface area contributed by atoms with E-state index >= 15 is 0 Å². The minimum atomic E-state index is -2.34. The minimum Gasteiger partial charge on any atom is -0.455 e. The first-order valence-corrected chi connectivity index (χ1v) is 5.76. The zero-order chi connectivity index (χ0) is 16.1. The lowest BCUT2D eigenvalue weighted by molar-refractivity contribution is -0.190. The fourth-order valence-electron chi connectivity index (χ4n) is 2.10. The zero-order valence-corrected chi connectivity index (χ0v) is 10.4. The summed E-state index contributed by atoms with van der Waals surface area (Å²) in [7, 11) is 0. The molecule has 0 bridgehead atoms. The fraction of sp³-hybridized carbons (Fsp3) is 0.417. The number of esters is 1. The van der Waals surface area contributed by atoms with E-state index < -0.39 is 64.8 Å². The van der Waals surface area contributed by atoms with Crippen LogP contribution in [0.2, 0.25) is 0 Å². The molecule has 1 saturated heterocycles. The van der Waals surface area contributed by atoms with Crippen molar-refractivity contribution >= 4 is 5.97 Å². The van der Waals surface area contributed by atoms with Crippen LogP contribution in [-0.2, 0) is 9.53 Å². The predicted octanol–water partition coefficient (Wildman–Crippen LogP) is 1.34. The third-order valence-electron chi connectivity index (χ3n) is 3.35. The van der Waals surface area contributed by atoms with E-state index in [4.69, 9.17) is 0 Å². The highest BCUT2D eigenvalue weighted by Crippen LogP contribution is 2.38. The Labute approximate surface area is 114 Å². The molecule has 0 radical (unpaired) electrons. The van der Waals surface area contributed by atoms with Crippen LogP contribution >= 0.6 is 0 Å². The molecule has 4 atom stereocenters. The highest BCUT2D eigenvalue weighted by Gasteiger charge is 2.46. The maximum Gasteiger partial charge on any atom is 0.338 e. The Hall–Kier alpha value is -1.74. The molecule has 0 saturated carbocycles. The maximum atomic E-state index is 13.7. The van der Waals surface area contributed by atoms with Crippen LogP contribution in [0.4, 0.5) is 22.0 Å². The monoisotopic (exact) mass is 312 g/mol. The summed E-state index contributed by atoms with van der Waals surface area (Å²) >= 11 is 0. The van der Waals surface area contributed by atoms with Crippen molar-refractivity contribution in [2.24, 2.45) is 5.92 Å². The number of rotatable bonds is 1. The van der Waals surface area contributed by atoms with Crippen molar-refractivity contribution in [3.05, 3.63) is 34.6 Å². The Bertz CT molecular complexity index is 577. The molecule has 0 amide bonds. The topological polar surface area (TPSA) is 66.8 Å². The third-order valence-corrected chi connectivity index (χ3v) is 3.35. The maximum absolute atomic E-state index is 13.7. The molecule has 2 N–H and O–H groups in total. The van der Waals surface area contributed by atoms with Crippen LogP contribution in [0, 0.1) is 35.0 Å². The van der Waals surface area contributed by atoms with E-state index in [1.54, 1.807) is 0 Å². The molecule has 1 aromatic rings. The summed E-state index contributed by atoms with van der Waals surface area (Å²) in [6.07, 6.45) is -5.65. The smallest absolute Gasteiger partial charge is 0.338 e. The van der Waals surface area contributed by atoms with Crippen LogP contribution in [0.5, 0.6) is 0 Å². The van der Waals surface area contributed by atoms with Crippen LogP contribution in [-0.4, -0.2) is 28.4 Å². The van der Waals surface area contributed by atoms with Gasteiger partial charge in [0.15, 0.2) is 29.4 Å². The van der Waals surface area contributed by atoms with Gasteiger partial charge in [-0.3, -0.25) is 0 Å². The van der Waals surface area contributed by atoms with Crippen LogP contribution in [0.15, 0.2) is 0 Å². The van der Waals surface area contributed by atoms with Gasteiger partial charge in [-0.2, -0.15) is 0 Å². The summed E-state index contributed by atoms with van der Waals surface area (Å²) in [6, 6.07) is 0. The molecule has 0 aliphatic carbocycles. The summed E-state index contributed by atoms with van der Waals surface area (Å²) in [5.74, 6) is -13.7. The van der Waals surface area contributed by atoms with Gasteiger partial charge < -0.3 is 14.9 Å². The van der Waals surface area contributed by atoms with Crippen molar-refractivity contribution in [3.8, 4) is 0 Å². The van der Waals surface area contributed by atoms with Crippen LogP contribution in [0.1, 0.15) is 18.6 Å². The number of aliphatic hydroxyl groups is 2. The number of carbonyl (C=O) groups is 1. The lowest BCUT2D eigenvalue weighted by atomic mass is 9.86. The Balaban J connectivity index is 2.59. The second-order valence-electron chi connectivity index (χ2n) is 4.64. The lowest BCUT2D eigenvalue weighted by Gasteiger charge is -2.35. The summed E-state index contributed by atoms with van der Waals surface area (Å²) in [5.41, 5.74) is -1.36. The quantitative estimate of drug-likeness (QED) is 0.355. The summed E-state index contributed by atoms with van der Waals surface area (Å²) in [6.45, 7) is 1.13. The number of aliphatic hydroxyl groups excluding tert-OH is 2. The molecule has 1 fully saturated rings. The van der Waals surface area contributed by atoms with Gasteiger partial charge in [-0.1, -0.05) is 6.92 Å². The van der Waals surface area contributed by atoms with Crippen molar-refractivity contribution < 1.29 is 41.7 Å². The van der Waals surface area contributed by atoms with E-state index in [1.165, 1.54) is 0 Å². The molecule has 1 aromatic carbocycles. The molecule has 1 aliphatic rings. The highest BCUT2D eigenvalue weighted by molar-refractivity contribution is 5.76. The molecule has 0 unspecified atom stereocenters. The molecule has 116 valence electrons. The molecular weight excluding hydrogens is 303 g/mol. The van der Waals surface area contributed by atoms with Gasteiger partial charge in [-0.25, -0.2) is 26.7 Å². The molecule has 2 rings (SSSR count). The van der Waals surface area contributed by atoms with Crippen molar-refractivity contribution in [3.63, 3.8) is 0 Å². The van der Waals surface area contributed by atoms with E-state index in [0.717, 1.165) is 6.92 Å². The summed E-state index contributed by atoms with van der Waals surface area (Å²) in [5, 5.41) is 18.8. The molecule has 0 spiro atoms. The number of carbonyl (C=O) groups excluding carboxylic acids is 1. The zero-order valence-electron chi connectivity index (χ0n) is 10.4.